The van der Waals surface area contributed by atoms with Crippen LogP contribution in [0.5, 0.6) is 0 Å². The third-order valence-electron chi connectivity index (χ3n) is 2.31. The van der Waals surface area contributed by atoms with E-state index >= 15 is 0 Å². The van der Waals surface area contributed by atoms with Crippen LogP contribution in [0.1, 0.15) is 5.69 Å². The molecule has 2 aromatic rings. The molecule has 2 rings (SSSR count). The number of benzene rings is 1. The number of aryl methyl sites for hydroxylation is 1. The zero-order chi connectivity index (χ0) is 11.7. The second-order valence-electron chi connectivity index (χ2n) is 3.65. The zero-order valence-corrected chi connectivity index (χ0v) is 8.75. The highest BCUT2D eigenvalue weighted by atomic mass is 19.1. The van der Waals surface area contributed by atoms with Crippen LogP contribution in [0.15, 0.2) is 35.1 Å². The van der Waals surface area contributed by atoms with Gasteiger partial charge in [-0.25, -0.2) is 4.39 Å². The summed E-state index contributed by atoms with van der Waals surface area (Å²) in [6.07, 6.45) is 0. The van der Waals surface area contributed by atoms with E-state index in [2.05, 4.69) is 4.98 Å². The van der Waals surface area contributed by atoms with E-state index in [4.69, 9.17) is 5.73 Å². The topological polar surface area (TPSA) is 58.9 Å². The lowest BCUT2D eigenvalue weighted by molar-refractivity contribution is 0.628. The van der Waals surface area contributed by atoms with Gasteiger partial charge in [0, 0.05) is 23.0 Å². The van der Waals surface area contributed by atoms with Gasteiger partial charge in [-0.3, -0.25) is 4.79 Å². The average molecular weight is 218 g/mol. The number of rotatable bonds is 1. The Bertz CT molecular complexity index is 590. The summed E-state index contributed by atoms with van der Waals surface area (Å²) in [7, 11) is 0. The van der Waals surface area contributed by atoms with Crippen molar-refractivity contribution in [3.8, 4) is 11.1 Å². The van der Waals surface area contributed by atoms with E-state index in [0.29, 0.717) is 22.5 Å². The van der Waals surface area contributed by atoms with E-state index in [1.54, 1.807) is 13.0 Å². The van der Waals surface area contributed by atoms with Crippen molar-refractivity contribution in [2.45, 2.75) is 6.92 Å². The Morgan fingerprint density at radius 3 is 2.69 bits per heavy atom. The summed E-state index contributed by atoms with van der Waals surface area (Å²) < 4.78 is 13.1. The number of anilines is 1. The Kier molecular flexibility index (Phi) is 2.48. The molecule has 0 aliphatic heterocycles. The molecule has 1 aromatic heterocycles. The van der Waals surface area contributed by atoms with E-state index in [9.17, 15) is 9.18 Å². The smallest absolute Gasteiger partial charge is 0.248 e. The molecular weight excluding hydrogens is 207 g/mol. The predicted octanol–water partition coefficient (Wildman–Crippen LogP) is 2.07. The van der Waals surface area contributed by atoms with Gasteiger partial charge in [-0.05, 0) is 36.8 Å². The minimum absolute atomic E-state index is 0.223. The second kappa shape index (κ2) is 3.81. The molecule has 3 N–H and O–H groups in total. The summed E-state index contributed by atoms with van der Waals surface area (Å²) in [5.74, 6) is -0.373. The maximum atomic E-state index is 13.1. The van der Waals surface area contributed by atoms with Crippen LogP contribution >= 0.6 is 0 Å². The van der Waals surface area contributed by atoms with Crippen LogP contribution in [-0.4, -0.2) is 4.98 Å². The highest BCUT2D eigenvalue weighted by Gasteiger charge is 2.05. The largest absolute Gasteiger partial charge is 0.398 e. The Hall–Kier alpha value is -2.10. The normalized spacial score (nSPS) is 10.4. The molecule has 3 nitrogen and oxygen atoms in total. The Morgan fingerprint density at radius 2 is 2.00 bits per heavy atom. The van der Waals surface area contributed by atoms with Gasteiger partial charge >= 0.3 is 0 Å². The van der Waals surface area contributed by atoms with Crippen LogP contribution in [0.4, 0.5) is 10.1 Å². The summed E-state index contributed by atoms with van der Waals surface area (Å²) in [6.45, 7) is 1.76. The number of aromatic nitrogens is 1. The van der Waals surface area contributed by atoms with Gasteiger partial charge in [0.15, 0.2) is 0 Å². The number of halogens is 1. The third-order valence-corrected chi connectivity index (χ3v) is 2.31. The molecule has 0 radical (unpaired) electrons. The molecule has 1 aromatic carbocycles. The van der Waals surface area contributed by atoms with Crippen LogP contribution in [0.25, 0.3) is 11.1 Å². The van der Waals surface area contributed by atoms with E-state index in [-0.39, 0.29) is 11.4 Å². The van der Waals surface area contributed by atoms with E-state index in [0.717, 1.165) is 0 Å². The van der Waals surface area contributed by atoms with Crippen molar-refractivity contribution >= 4 is 5.69 Å². The summed E-state index contributed by atoms with van der Waals surface area (Å²) in [5.41, 5.74) is 7.84. The molecule has 0 amide bonds. The Morgan fingerprint density at radius 1 is 1.25 bits per heavy atom. The highest BCUT2D eigenvalue weighted by molar-refractivity contribution is 5.76. The number of aromatic amines is 1. The summed E-state index contributed by atoms with van der Waals surface area (Å²) in [5, 5.41) is 0. The van der Waals surface area contributed by atoms with Crippen LogP contribution in [0.3, 0.4) is 0 Å². The molecular formula is C12H11FN2O. The quantitative estimate of drug-likeness (QED) is 0.720. The summed E-state index contributed by atoms with van der Waals surface area (Å²) >= 11 is 0. The summed E-state index contributed by atoms with van der Waals surface area (Å²) in [4.78, 5) is 13.9. The number of hydrogen-bond acceptors (Lipinski definition) is 2. The Labute approximate surface area is 91.7 Å². The fourth-order valence-electron chi connectivity index (χ4n) is 1.62. The lowest BCUT2D eigenvalue weighted by Gasteiger charge is -2.06. The second-order valence-corrected chi connectivity index (χ2v) is 3.65. The van der Waals surface area contributed by atoms with Crippen molar-refractivity contribution in [1.29, 1.82) is 0 Å². The van der Waals surface area contributed by atoms with Crippen LogP contribution in [0.2, 0.25) is 0 Å². The van der Waals surface area contributed by atoms with Crippen LogP contribution in [-0.2, 0) is 0 Å². The molecule has 0 fully saturated rings. The van der Waals surface area contributed by atoms with Crippen LogP contribution in [0, 0.1) is 12.7 Å². The molecule has 0 spiro atoms. The van der Waals surface area contributed by atoms with E-state index in [1.807, 2.05) is 0 Å². The van der Waals surface area contributed by atoms with Crippen LogP contribution < -0.4 is 11.3 Å². The minimum atomic E-state index is -0.373. The molecule has 0 aliphatic rings. The molecule has 16 heavy (non-hydrogen) atoms. The predicted molar refractivity (Wildman–Crippen MR) is 61.6 cm³/mol. The molecule has 0 saturated heterocycles. The molecule has 0 bridgehead atoms. The van der Waals surface area contributed by atoms with Crippen molar-refractivity contribution in [3.05, 3.63) is 52.2 Å². The maximum absolute atomic E-state index is 13.1. The van der Waals surface area contributed by atoms with Crippen molar-refractivity contribution in [2.24, 2.45) is 0 Å². The van der Waals surface area contributed by atoms with Gasteiger partial charge in [0.25, 0.3) is 0 Å². The maximum Gasteiger partial charge on any atom is 0.248 e. The van der Waals surface area contributed by atoms with Gasteiger partial charge in [0.2, 0.25) is 5.56 Å². The SMILES string of the molecule is Cc1cc(-c2cc(F)ccc2N)cc(=O)[nH]1. The van der Waals surface area contributed by atoms with Gasteiger partial charge in [-0.1, -0.05) is 0 Å². The molecule has 4 heteroatoms. The van der Waals surface area contributed by atoms with Crippen molar-refractivity contribution < 1.29 is 4.39 Å². The number of nitrogens with two attached hydrogens (primary N) is 1. The van der Waals surface area contributed by atoms with Crippen molar-refractivity contribution in [3.63, 3.8) is 0 Å². The number of H-pyrrole nitrogens is 1. The Balaban J connectivity index is 2.66. The zero-order valence-electron chi connectivity index (χ0n) is 8.75. The van der Waals surface area contributed by atoms with E-state index in [1.165, 1.54) is 24.3 Å². The number of hydrogen-bond donors (Lipinski definition) is 2. The molecule has 1 heterocycles. The van der Waals surface area contributed by atoms with Gasteiger partial charge in [0.1, 0.15) is 5.82 Å². The fraction of sp³-hybridized carbons (Fsp3) is 0.0833. The first-order chi connectivity index (χ1) is 7.56. The first-order valence-corrected chi connectivity index (χ1v) is 4.82. The lowest BCUT2D eigenvalue weighted by Crippen LogP contribution is -2.06. The first kappa shape index (κ1) is 10.4. The van der Waals surface area contributed by atoms with Gasteiger partial charge in [-0.15, -0.1) is 0 Å². The van der Waals surface area contributed by atoms with Crippen molar-refractivity contribution in [2.75, 3.05) is 5.73 Å². The third kappa shape index (κ3) is 1.95. The highest BCUT2D eigenvalue weighted by Crippen LogP contribution is 2.25. The monoisotopic (exact) mass is 218 g/mol. The molecule has 0 aliphatic carbocycles. The molecule has 0 unspecified atom stereocenters. The number of nitrogen functional groups attached to an aromatic ring is 1. The first-order valence-electron chi connectivity index (χ1n) is 4.82. The standard InChI is InChI=1S/C12H11FN2O/c1-7-4-8(5-12(16)15-7)10-6-9(13)2-3-11(10)14/h2-6H,14H2,1H3,(H,15,16). The molecule has 0 atom stereocenters. The van der Waals surface area contributed by atoms with E-state index < -0.39 is 0 Å². The molecule has 0 saturated carbocycles. The number of pyridine rings is 1. The molecule has 82 valence electrons. The van der Waals surface area contributed by atoms with Crippen molar-refractivity contribution in [1.82, 2.24) is 4.98 Å². The fourth-order valence-corrected chi connectivity index (χ4v) is 1.62. The van der Waals surface area contributed by atoms with Gasteiger partial charge < -0.3 is 10.7 Å². The average Bonchev–Trinajstić information content (AvgIpc) is 2.20. The minimum Gasteiger partial charge on any atom is -0.398 e. The lowest BCUT2D eigenvalue weighted by atomic mass is 10.0. The van der Waals surface area contributed by atoms with Gasteiger partial charge in [-0.2, -0.15) is 0 Å². The number of nitrogens with one attached hydrogen (secondary N) is 1. The van der Waals surface area contributed by atoms with Gasteiger partial charge in [0.05, 0.1) is 0 Å². The summed E-state index contributed by atoms with van der Waals surface area (Å²) in [6, 6.07) is 7.26.